The number of benzene rings is 2. The first-order valence-electron chi connectivity index (χ1n) is 10.0. The van der Waals surface area contributed by atoms with E-state index in [4.69, 9.17) is 4.74 Å². The number of aliphatic carboxylic acids is 1. The van der Waals surface area contributed by atoms with Gasteiger partial charge >= 0.3 is 12.1 Å². The van der Waals surface area contributed by atoms with E-state index in [0.29, 0.717) is 5.75 Å². The fourth-order valence-electron chi connectivity index (χ4n) is 4.15. The second kappa shape index (κ2) is 8.26. The minimum absolute atomic E-state index is 0.0802. The van der Waals surface area contributed by atoms with E-state index in [1.54, 1.807) is 13.8 Å². The first kappa shape index (κ1) is 21.2. The van der Waals surface area contributed by atoms with Crippen molar-refractivity contribution < 1.29 is 24.2 Å². The number of amides is 2. The normalized spacial score (nSPS) is 17.7. The SMILES string of the molecule is CC(C)(NC(=O)OCC1c2ccccc2-c2ccccc21)C(=O)N1CSCC1C(=O)O. The van der Waals surface area contributed by atoms with Crippen LogP contribution in [0.5, 0.6) is 0 Å². The molecule has 8 heteroatoms. The molecule has 2 aromatic carbocycles. The van der Waals surface area contributed by atoms with E-state index < -0.39 is 29.6 Å². The predicted octanol–water partition coefficient (Wildman–Crippen LogP) is 3.29. The summed E-state index contributed by atoms with van der Waals surface area (Å²) in [6, 6.07) is 15.2. The Balaban J connectivity index is 1.42. The molecular formula is C23H24N2O5S. The number of nitrogens with one attached hydrogen (secondary N) is 1. The quantitative estimate of drug-likeness (QED) is 0.741. The number of ether oxygens (including phenoxy) is 1. The van der Waals surface area contributed by atoms with Crippen LogP contribution in [0.2, 0.25) is 0 Å². The van der Waals surface area contributed by atoms with E-state index in [1.165, 1.54) is 16.7 Å². The minimum atomic E-state index is -1.29. The number of rotatable bonds is 5. The van der Waals surface area contributed by atoms with Crippen LogP contribution < -0.4 is 5.32 Å². The summed E-state index contributed by atoms with van der Waals surface area (Å²) in [4.78, 5) is 38.1. The van der Waals surface area contributed by atoms with Crippen LogP contribution in [0.3, 0.4) is 0 Å². The van der Waals surface area contributed by atoms with Gasteiger partial charge in [-0.3, -0.25) is 4.79 Å². The maximum atomic E-state index is 12.9. The van der Waals surface area contributed by atoms with Crippen LogP contribution >= 0.6 is 11.8 Å². The van der Waals surface area contributed by atoms with E-state index in [9.17, 15) is 19.5 Å². The Morgan fingerprint density at radius 3 is 2.26 bits per heavy atom. The van der Waals surface area contributed by atoms with Crippen molar-refractivity contribution in [1.29, 1.82) is 0 Å². The van der Waals surface area contributed by atoms with Gasteiger partial charge in [0.25, 0.3) is 0 Å². The zero-order chi connectivity index (χ0) is 22.2. The van der Waals surface area contributed by atoms with Gasteiger partial charge in [-0.25, -0.2) is 9.59 Å². The number of carboxylic acid groups (broad SMARTS) is 1. The molecule has 1 unspecified atom stereocenters. The molecule has 0 spiro atoms. The summed E-state index contributed by atoms with van der Waals surface area (Å²) < 4.78 is 5.52. The van der Waals surface area contributed by atoms with Crippen LogP contribution in [0.1, 0.15) is 30.9 Å². The van der Waals surface area contributed by atoms with Gasteiger partial charge in [-0.05, 0) is 36.1 Å². The Morgan fingerprint density at radius 2 is 1.68 bits per heavy atom. The smallest absolute Gasteiger partial charge is 0.408 e. The number of alkyl carbamates (subject to hydrolysis) is 1. The van der Waals surface area contributed by atoms with Crippen molar-refractivity contribution in [3.05, 3.63) is 59.7 Å². The average molecular weight is 441 g/mol. The minimum Gasteiger partial charge on any atom is -0.480 e. The monoisotopic (exact) mass is 440 g/mol. The molecule has 2 N–H and O–H groups in total. The predicted molar refractivity (Wildman–Crippen MR) is 118 cm³/mol. The van der Waals surface area contributed by atoms with Crippen molar-refractivity contribution in [2.45, 2.75) is 31.3 Å². The van der Waals surface area contributed by atoms with E-state index in [2.05, 4.69) is 17.4 Å². The van der Waals surface area contributed by atoms with Crippen molar-refractivity contribution in [1.82, 2.24) is 10.2 Å². The topological polar surface area (TPSA) is 95.9 Å². The van der Waals surface area contributed by atoms with E-state index >= 15 is 0 Å². The summed E-state index contributed by atoms with van der Waals surface area (Å²) in [6.07, 6.45) is -0.709. The summed E-state index contributed by atoms with van der Waals surface area (Å²) in [5, 5.41) is 11.9. The zero-order valence-electron chi connectivity index (χ0n) is 17.3. The number of hydrogen-bond acceptors (Lipinski definition) is 5. The molecule has 162 valence electrons. The van der Waals surface area contributed by atoms with Crippen LogP contribution in [0.25, 0.3) is 11.1 Å². The second-order valence-corrected chi connectivity index (χ2v) is 9.20. The Labute approximate surface area is 184 Å². The third-order valence-corrected chi connectivity index (χ3v) is 6.73. The highest BCUT2D eigenvalue weighted by molar-refractivity contribution is 7.99. The molecule has 1 heterocycles. The fraction of sp³-hybridized carbons (Fsp3) is 0.348. The lowest BCUT2D eigenvalue weighted by Gasteiger charge is -2.31. The van der Waals surface area contributed by atoms with Crippen LogP contribution in [-0.2, 0) is 14.3 Å². The van der Waals surface area contributed by atoms with Crippen molar-refractivity contribution in [2.75, 3.05) is 18.2 Å². The summed E-state index contributed by atoms with van der Waals surface area (Å²) in [6.45, 7) is 3.25. The number of thioether (sulfide) groups is 1. The lowest BCUT2D eigenvalue weighted by atomic mass is 9.98. The van der Waals surface area contributed by atoms with Gasteiger partial charge in [0.1, 0.15) is 18.2 Å². The molecule has 1 saturated heterocycles. The Hall–Kier alpha value is -3.00. The Bertz CT molecular complexity index is 993. The number of carbonyl (C=O) groups excluding carboxylic acids is 2. The highest BCUT2D eigenvalue weighted by Crippen LogP contribution is 2.44. The molecule has 1 aliphatic heterocycles. The molecular weight excluding hydrogens is 416 g/mol. The van der Waals surface area contributed by atoms with Crippen LogP contribution in [-0.4, -0.2) is 57.8 Å². The maximum Gasteiger partial charge on any atom is 0.408 e. The van der Waals surface area contributed by atoms with Gasteiger partial charge < -0.3 is 20.1 Å². The molecule has 0 bridgehead atoms. The Kier molecular flexibility index (Phi) is 5.66. The van der Waals surface area contributed by atoms with Gasteiger partial charge in [0.2, 0.25) is 5.91 Å². The number of nitrogens with zero attached hydrogens (tertiary/aromatic N) is 1. The van der Waals surface area contributed by atoms with Gasteiger partial charge in [-0.15, -0.1) is 11.8 Å². The molecule has 1 atom stereocenters. The maximum absolute atomic E-state index is 12.9. The highest BCUT2D eigenvalue weighted by Gasteiger charge is 2.42. The summed E-state index contributed by atoms with van der Waals surface area (Å²) in [7, 11) is 0. The van der Waals surface area contributed by atoms with E-state index in [1.807, 2.05) is 36.4 Å². The van der Waals surface area contributed by atoms with Crippen LogP contribution in [0.4, 0.5) is 4.79 Å². The molecule has 1 fully saturated rings. The van der Waals surface area contributed by atoms with Gasteiger partial charge in [0.15, 0.2) is 0 Å². The van der Waals surface area contributed by atoms with Crippen LogP contribution in [0.15, 0.2) is 48.5 Å². The number of hydrogen-bond donors (Lipinski definition) is 2. The molecule has 2 aromatic rings. The average Bonchev–Trinajstić information content (AvgIpc) is 3.35. The summed E-state index contributed by atoms with van der Waals surface area (Å²) >= 11 is 1.38. The standard InChI is InChI=1S/C23H24N2O5S/c1-23(2,21(28)25-13-31-12-19(25)20(26)27)24-22(29)30-11-18-16-9-5-3-7-14(16)15-8-4-6-10-17(15)18/h3-10,18-19H,11-13H2,1-2H3,(H,24,29)(H,26,27). The van der Waals surface area contributed by atoms with Gasteiger partial charge in [-0.1, -0.05) is 48.5 Å². The largest absolute Gasteiger partial charge is 0.480 e. The lowest BCUT2D eigenvalue weighted by molar-refractivity contribution is -0.150. The molecule has 31 heavy (non-hydrogen) atoms. The first-order chi connectivity index (χ1) is 14.8. The highest BCUT2D eigenvalue weighted by atomic mass is 32.2. The van der Waals surface area contributed by atoms with Crippen molar-refractivity contribution in [3.63, 3.8) is 0 Å². The number of carbonyl (C=O) groups is 3. The summed E-state index contributed by atoms with van der Waals surface area (Å²) in [5.41, 5.74) is 3.18. The Morgan fingerprint density at radius 1 is 1.10 bits per heavy atom. The number of fused-ring (bicyclic) bond motifs is 3. The third-order valence-electron chi connectivity index (χ3n) is 5.72. The molecule has 0 radical (unpaired) electrons. The molecule has 1 aliphatic carbocycles. The van der Waals surface area contributed by atoms with Crippen LogP contribution in [0, 0.1) is 0 Å². The first-order valence-corrected chi connectivity index (χ1v) is 11.2. The number of carboxylic acids is 1. The van der Waals surface area contributed by atoms with Gasteiger partial charge in [0.05, 0.1) is 5.88 Å². The summed E-state index contributed by atoms with van der Waals surface area (Å²) in [5.74, 6) is -0.953. The lowest BCUT2D eigenvalue weighted by Crippen LogP contribution is -2.58. The van der Waals surface area contributed by atoms with Crippen molar-refractivity contribution in [3.8, 4) is 11.1 Å². The second-order valence-electron chi connectivity index (χ2n) is 8.20. The van der Waals surface area contributed by atoms with Gasteiger partial charge in [0, 0.05) is 11.7 Å². The van der Waals surface area contributed by atoms with E-state index in [0.717, 1.165) is 22.3 Å². The molecule has 7 nitrogen and oxygen atoms in total. The molecule has 0 saturated carbocycles. The zero-order valence-corrected chi connectivity index (χ0v) is 18.1. The van der Waals surface area contributed by atoms with Crippen molar-refractivity contribution >= 4 is 29.7 Å². The van der Waals surface area contributed by atoms with Gasteiger partial charge in [-0.2, -0.15) is 0 Å². The molecule has 4 rings (SSSR count). The van der Waals surface area contributed by atoms with E-state index in [-0.39, 0.29) is 18.4 Å². The molecule has 0 aromatic heterocycles. The fourth-order valence-corrected chi connectivity index (χ4v) is 5.29. The third kappa shape index (κ3) is 3.99. The molecule has 2 aliphatic rings. The molecule has 2 amide bonds. The van der Waals surface area contributed by atoms with Crippen molar-refractivity contribution in [2.24, 2.45) is 0 Å².